The minimum absolute atomic E-state index is 0.0307. The molecule has 6 bridgehead atoms. The van der Waals surface area contributed by atoms with Gasteiger partial charge in [0.2, 0.25) is 35.4 Å². The smallest absolute Gasteiger partial charge is 0.317 e. The number of carboxylic acid groups (broad SMARTS) is 2. The fraction of sp³-hybridized carbons (Fsp3) is 0.300. The fourth-order valence-corrected chi connectivity index (χ4v) is 9.56. The number of hydrogen-bond acceptors (Lipinski definition) is 12. The van der Waals surface area contributed by atoms with Crippen molar-refractivity contribution in [3.05, 3.63) is 191 Å². The van der Waals surface area contributed by atoms with E-state index in [2.05, 4.69) is 0 Å². The molecule has 2 aromatic heterocycles. The molecule has 0 radical (unpaired) electrons. The van der Waals surface area contributed by atoms with Crippen molar-refractivity contribution in [3.63, 3.8) is 0 Å². The highest BCUT2D eigenvalue weighted by molar-refractivity contribution is 5.92. The number of hydrogen-bond donors (Lipinski definition) is 2. The number of amides is 6. The Bertz CT molecular complexity index is 2780. The maximum Gasteiger partial charge on any atom is 0.317 e. The summed E-state index contributed by atoms with van der Waals surface area (Å²) in [6.07, 6.45) is 0. The lowest BCUT2D eigenvalue weighted by Crippen LogP contribution is -2.54. The summed E-state index contributed by atoms with van der Waals surface area (Å²) in [6, 6.07) is 46.5. The zero-order valence-electron chi connectivity index (χ0n) is 44.4. The molecule has 4 aromatic carbocycles. The number of fused-ring (bicyclic) bond motifs is 20. The van der Waals surface area contributed by atoms with E-state index in [1.165, 1.54) is 29.4 Å². The Morgan fingerprint density at radius 3 is 0.875 bits per heavy atom. The average Bonchev–Trinajstić information content (AvgIpc) is 3.45. The average molecular weight is 1090 g/mol. The van der Waals surface area contributed by atoms with Crippen LogP contribution in [-0.2, 0) is 77.6 Å². The van der Waals surface area contributed by atoms with Gasteiger partial charge in [-0.05, 0) is 46.5 Å². The molecule has 3 aliphatic heterocycles. The van der Waals surface area contributed by atoms with Gasteiger partial charge in [0.25, 0.3) is 0 Å². The normalized spacial score (nSPS) is 16.6. The maximum atomic E-state index is 15.1. The molecule has 0 unspecified atom stereocenters. The first-order valence-corrected chi connectivity index (χ1v) is 26.3. The quantitative estimate of drug-likeness (QED) is 0.178. The Labute approximate surface area is 464 Å². The second kappa shape index (κ2) is 28.0. The van der Waals surface area contributed by atoms with Crippen LogP contribution < -0.4 is 0 Å². The Hall–Kier alpha value is -9.14. The molecule has 0 saturated carbocycles. The maximum absolute atomic E-state index is 15.1. The largest absolute Gasteiger partial charge is 0.480 e. The van der Waals surface area contributed by atoms with Crippen LogP contribution >= 0.6 is 0 Å². The molecule has 2 N–H and O–H groups in total. The van der Waals surface area contributed by atoms with Crippen LogP contribution in [-0.4, -0.2) is 185 Å². The van der Waals surface area contributed by atoms with Crippen LogP contribution in [0.4, 0.5) is 0 Å². The van der Waals surface area contributed by atoms with E-state index in [0.717, 1.165) is 32.1 Å². The summed E-state index contributed by atoms with van der Waals surface area (Å²) in [5, 5.41) is 20.4. The standard InChI is InChI=1S/C60H64N10O10/c71-53-37-63(43-59(77)78)35-49-23-13-25-51(61-49)52-26-14-24-50(62-52)36-64(44-60(79)80)38-54(72)70-41-56(74)66(32-46-17-7-2-8-18-46)28-27-65(31-45-15-5-1-6-16-45)55(73)39-69(53)40-57(75)67(33-47-19-9-3-10-20-47)29-30-68(58(76)42-70)34-48-21-11-4-12-22-48/h1-26H,27-44H2,(H,77,78)(H,79,80). The van der Waals surface area contributed by atoms with E-state index in [4.69, 9.17) is 9.97 Å². The number of aromatic nitrogens is 2. The van der Waals surface area contributed by atoms with Crippen LogP contribution in [0.15, 0.2) is 158 Å². The van der Waals surface area contributed by atoms with E-state index in [-0.39, 0.29) is 65.4 Å². The number of carbonyl (C=O) groups is 8. The van der Waals surface area contributed by atoms with Gasteiger partial charge in [-0.2, -0.15) is 0 Å². The summed E-state index contributed by atoms with van der Waals surface area (Å²) in [5.41, 5.74) is 4.39. The molecule has 1 fully saturated rings. The molecule has 6 aromatic rings. The first-order chi connectivity index (χ1) is 38.7. The number of carbonyl (C=O) groups excluding carboxylic acids is 6. The van der Waals surface area contributed by atoms with Crippen molar-refractivity contribution in [1.82, 2.24) is 49.2 Å². The van der Waals surface area contributed by atoms with Crippen molar-refractivity contribution in [1.29, 1.82) is 0 Å². The number of rotatable bonds is 12. The van der Waals surface area contributed by atoms with Crippen LogP contribution in [0, 0.1) is 0 Å². The predicted octanol–water partition coefficient (Wildman–Crippen LogP) is 3.72. The lowest BCUT2D eigenvalue weighted by atomic mass is 10.2. The van der Waals surface area contributed by atoms with Crippen molar-refractivity contribution in [3.8, 4) is 11.4 Å². The van der Waals surface area contributed by atoms with E-state index in [0.29, 0.717) is 22.8 Å². The van der Waals surface area contributed by atoms with Crippen molar-refractivity contribution in [2.24, 2.45) is 0 Å². The molecule has 6 amide bonds. The molecular weight excluding hydrogens is 1020 g/mol. The molecule has 3 aliphatic rings. The third-order valence-corrected chi connectivity index (χ3v) is 13.6. The second-order valence-corrected chi connectivity index (χ2v) is 19.8. The van der Waals surface area contributed by atoms with Gasteiger partial charge < -0.3 is 39.6 Å². The molecule has 0 atom stereocenters. The van der Waals surface area contributed by atoms with Gasteiger partial charge in [0.15, 0.2) is 0 Å². The summed E-state index contributed by atoms with van der Waals surface area (Å²) in [6.45, 7) is -5.34. The van der Waals surface area contributed by atoms with Crippen LogP contribution in [0.25, 0.3) is 11.4 Å². The molecule has 5 heterocycles. The van der Waals surface area contributed by atoms with E-state index >= 15 is 28.8 Å². The second-order valence-electron chi connectivity index (χ2n) is 19.8. The Kier molecular flexibility index (Phi) is 19.9. The van der Waals surface area contributed by atoms with E-state index in [1.807, 2.05) is 121 Å². The summed E-state index contributed by atoms with van der Waals surface area (Å²) in [7, 11) is 0. The minimum atomic E-state index is -1.25. The fourth-order valence-electron chi connectivity index (χ4n) is 9.56. The molecule has 9 rings (SSSR count). The molecule has 0 spiro atoms. The predicted molar refractivity (Wildman–Crippen MR) is 294 cm³/mol. The van der Waals surface area contributed by atoms with Crippen LogP contribution in [0.1, 0.15) is 33.6 Å². The third kappa shape index (κ3) is 16.9. The molecule has 1 saturated heterocycles. The lowest BCUT2D eigenvalue weighted by Gasteiger charge is -2.35. The number of carboxylic acids is 2. The topological polar surface area (TPSA) is 229 Å². The van der Waals surface area contributed by atoms with Gasteiger partial charge in [-0.15, -0.1) is 0 Å². The summed E-state index contributed by atoms with van der Waals surface area (Å²) < 4.78 is 0. The SMILES string of the molecule is O=C(O)CN1CC(=O)N2CC(=O)N(Cc3ccccc3)CCN(Cc3ccccc3)C(=O)CN(CC(=O)N(Cc3ccccc3)CCN(Cc3ccccc3)C(=O)C2)C(=O)CN(CC(=O)O)Cc2cccc(n2)-c2cccc(n2)C1. The van der Waals surface area contributed by atoms with E-state index in [9.17, 15) is 19.8 Å². The van der Waals surface area contributed by atoms with Gasteiger partial charge in [0.05, 0.1) is 49.0 Å². The van der Waals surface area contributed by atoms with E-state index < -0.39 is 99.7 Å². The Morgan fingerprint density at radius 1 is 0.338 bits per heavy atom. The number of pyridine rings is 2. The van der Waals surface area contributed by atoms with Gasteiger partial charge in [-0.3, -0.25) is 48.2 Å². The highest BCUT2D eigenvalue weighted by Gasteiger charge is 2.32. The molecule has 80 heavy (non-hydrogen) atoms. The van der Waals surface area contributed by atoms with Crippen LogP contribution in [0.5, 0.6) is 0 Å². The van der Waals surface area contributed by atoms with Crippen molar-refractivity contribution in [2.45, 2.75) is 39.3 Å². The molecule has 20 heteroatoms. The van der Waals surface area contributed by atoms with Crippen molar-refractivity contribution >= 4 is 47.4 Å². The molecule has 0 aliphatic carbocycles. The van der Waals surface area contributed by atoms with Crippen LogP contribution in [0.3, 0.4) is 0 Å². The third-order valence-electron chi connectivity index (χ3n) is 13.6. The van der Waals surface area contributed by atoms with Crippen molar-refractivity contribution < 1.29 is 48.6 Å². The zero-order chi connectivity index (χ0) is 56.4. The zero-order valence-corrected chi connectivity index (χ0v) is 44.4. The van der Waals surface area contributed by atoms with Crippen LogP contribution in [0.2, 0.25) is 0 Å². The Morgan fingerprint density at radius 2 is 0.613 bits per heavy atom. The number of benzene rings is 4. The number of nitrogens with zero attached hydrogens (tertiary/aromatic N) is 10. The minimum Gasteiger partial charge on any atom is -0.480 e. The molecule has 20 nitrogen and oxygen atoms in total. The van der Waals surface area contributed by atoms with Gasteiger partial charge in [-0.1, -0.05) is 133 Å². The highest BCUT2D eigenvalue weighted by atomic mass is 16.4. The van der Waals surface area contributed by atoms with E-state index in [1.54, 1.807) is 36.4 Å². The van der Waals surface area contributed by atoms with Gasteiger partial charge in [-0.25, -0.2) is 9.97 Å². The summed E-state index contributed by atoms with van der Waals surface area (Å²) in [4.78, 5) is 136. The monoisotopic (exact) mass is 1080 g/mol. The lowest BCUT2D eigenvalue weighted by molar-refractivity contribution is -0.149. The van der Waals surface area contributed by atoms with Gasteiger partial charge in [0, 0.05) is 65.4 Å². The summed E-state index contributed by atoms with van der Waals surface area (Å²) >= 11 is 0. The van der Waals surface area contributed by atoms with Gasteiger partial charge >= 0.3 is 11.9 Å². The summed E-state index contributed by atoms with van der Waals surface area (Å²) in [5.74, 6) is -6.23. The molecular formula is C60H64N10O10. The molecule has 414 valence electrons. The van der Waals surface area contributed by atoms with Crippen molar-refractivity contribution in [2.75, 3.05) is 78.5 Å². The highest BCUT2D eigenvalue weighted by Crippen LogP contribution is 2.19. The van der Waals surface area contributed by atoms with Gasteiger partial charge in [0.1, 0.15) is 26.2 Å². The first kappa shape index (κ1) is 57.0. The number of aliphatic carboxylic acids is 2. The first-order valence-electron chi connectivity index (χ1n) is 26.3. The Balaban J connectivity index is 1.29.